The van der Waals surface area contributed by atoms with Crippen LogP contribution in [0.25, 0.3) is 0 Å². The highest BCUT2D eigenvalue weighted by Crippen LogP contribution is 2.07. The highest BCUT2D eigenvalue weighted by atomic mass is 16.4. The average Bonchev–Trinajstić information content (AvgIpc) is 2.50. The summed E-state index contributed by atoms with van der Waals surface area (Å²) in [6.45, 7) is 1.73. The molecule has 3 N–H and O–H groups in total. The molecular weight excluding hydrogens is 146 g/mol. The van der Waals surface area contributed by atoms with E-state index in [2.05, 4.69) is 10.2 Å². The summed E-state index contributed by atoms with van der Waals surface area (Å²) in [4.78, 5) is 0. The van der Waals surface area contributed by atoms with E-state index in [4.69, 9.17) is 15.3 Å². The molecule has 0 aromatic carbocycles. The van der Waals surface area contributed by atoms with E-state index in [1.54, 1.807) is 0 Å². The molecule has 1 atom stereocenters. The largest absolute Gasteiger partial charge is 0.423 e. The first-order valence-electron chi connectivity index (χ1n) is 3.46. The molecule has 1 rings (SSSR count). The highest BCUT2D eigenvalue weighted by molar-refractivity contribution is 4.87. The van der Waals surface area contributed by atoms with E-state index in [-0.39, 0.29) is 6.61 Å². The fourth-order valence-electron chi connectivity index (χ4n) is 0.637. The van der Waals surface area contributed by atoms with Crippen molar-refractivity contribution in [2.24, 2.45) is 5.73 Å². The van der Waals surface area contributed by atoms with Crippen LogP contribution in [0.15, 0.2) is 4.42 Å². The highest BCUT2D eigenvalue weighted by Gasteiger charge is 2.11. The molecule has 0 fully saturated rings. The van der Waals surface area contributed by atoms with Crippen molar-refractivity contribution in [3.63, 3.8) is 0 Å². The Morgan fingerprint density at radius 3 is 2.82 bits per heavy atom. The molecule has 0 saturated carbocycles. The van der Waals surface area contributed by atoms with Gasteiger partial charge in [0.05, 0.1) is 6.61 Å². The number of aliphatic hydroxyl groups excluding tert-OH is 1. The van der Waals surface area contributed by atoms with Gasteiger partial charge in [0.15, 0.2) is 0 Å². The minimum absolute atomic E-state index is 0.175. The SMILES string of the molecule is CCc1nnc([C@@H](N)CO)o1. The van der Waals surface area contributed by atoms with Crippen LogP contribution in [0.2, 0.25) is 0 Å². The summed E-state index contributed by atoms with van der Waals surface area (Å²) in [6.07, 6.45) is 0.686. The standard InChI is InChI=1S/C6H11N3O2/c1-2-5-8-9-6(11-5)4(7)3-10/h4,10H,2-3,7H2,1H3/t4-/m0/s1. The van der Waals surface area contributed by atoms with E-state index < -0.39 is 6.04 Å². The molecule has 0 aliphatic heterocycles. The van der Waals surface area contributed by atoms with Gasteiger partial charge in [0.1, 0.15) is 6.04 Å². The lowest BCUT2D eigenvalue weighted by atomic mass is 10.3. The van der Waals surface area contributed by atoms with Crippen LogP contribution in [0.1, 0.15) is 24.7 Å². The maximum atomic E-state index is 8.62. The van der Waals surface area contributed by atoms with E-state index >= 15 is 0 Å². The molecule has 62 valence electrons. The van der Waals surface area contributed by atoms with Crippen LogP contribution >= 0.6 is 0 Å². The Labute approximate surface area is 64.2 Å². The predicted molar refractivity (Wildman–Crippen MR) is 37.7 cm³/mol. The number of rotatable bonds is 3. The molecule has 1 aromatic heterocycles. The van der Waals surface area contributed by atoms with Crippen LogP contribution in [-0.4, -0.2) is 21.9 Å². The third kappa shape index (κ3) is 1.75. The molecule has 1 heterocycles. The van der Waals surface area contributed by atoms with Crippen molar-refractivity contribution < 1.29 is 9.52 Å². The van der Waals surface area contributed by atoms with Gasteiger partial charge >= 0.3 is 0 Å². The van der Waals surface area contributed by atoms with Crippen molar-refractivity contribution in [2.75, 3.05) is 6.61 Å². The molecule has 0 amide bonds. The Hall–Kier alpha value is -0.940. The van der Waals surface area contributed by atoms with Gasteiger partial charge in [-0.05, 0) is 0 Å². The van der Waals surface area contributed by atoms with Crippen molar-refractivity contribution in [3.8, 4) is 0 Å². The summed E-state index contributed by atoms with van der Waals surface area (Å²) in [5.74, 6) is 0.841. The topological polar surface area (TPSA) is 85.2 Å². The molecule has 1 aromatic rings. The number of hydrogen-bond donors (Lipinski definition) is 2. The lowest BCUT2D eigenvalue weighted by Gasteiger charge is -1.98. The summed E-state index contributed by atoms with van der Waals surface area (Å²) in [6, 6.07) is -0.553. The third-order valence-corrected chi connectivity index (χ3v) is 1.30. The lowest BCUT2D eigenvalue weighted by Crippen LogP contribution is -2.14. The van der Waals surface area contributed by atoms with Gasteiger partial charge in [0.2, 0.25) is 11.8 Å². The number of nitrogens with zero attached hydrogens (tertiary/aromatic N) is 2. The first-order chi connectivity index (χ1) is 5.27. The van der Waals surface area contributed by atoms with Crippen LogP contribution in [0.4, 0.5) is 0 Å². The van der Waals surface area contributed by atoms with Gasteiger partial charge in [-0.2, -0.15) is 0 Å². The number of hydrogen-bond acceptors (Lipinski definition) is 5. The Balaban J connectivity index is 2.71. The monoisotopic (exact) mass is 157 g/mol. The summed E-state index contributed by atoms with van der Waals surface area (Å²) >= 11 is 0. The van der Waals surface area contributed by atoms with Gasteiger partial charge in [0.25, 0.3) is 0 Å². The molecule has 0 bridgehead atoms. The van der Waals surface area contributed by atoms with Gasteiger partial charge in [-0.15, -0.1) is 10.2 Å². The predicted octanol–water partition coefficient (Wildman–Crippen LogP) is -0.376. The molecule has 5 heteroatoms. The van der Waals surface area contributed by atoms with Crippen molar-refractivity contribution >= 4 is 0 Å². The maximum Gasteiger partial charge on any atom is 0.235 e. The summed E-state index contributed by atoms with van der Waals surface area (Å²) < 4.78 is 5.08. The van der Waals surface area contributed by atoms with E-state index in [0.717, 1.165) is 0 Å². The molecule has 0 radical (unpaired) electrons. The van der Waals surface area contributed by atoms with Gasteiger partial charge in [-0.3, -0.25) is 0 Å². The second kappa shape index (κ2) is 3.45. The second-order valence-corrected chi connectivity index (χ2v) is 2.18. The Morgan fingerprint density at radius 2 is 2.36 bits per heavy atom. The van der Waals surface area contributed by atoms with Crippen LogP contribution in [0.3, 0.4) is 0 Å². The molecule has 0 aliphatic carbocycles. The minimum Gasteiger partial charge on any atom is -0.423 e. The molecule has 0 aliphatic rings. The number of nitrogens with two attached hydrogens (primary N) is 1. The fraction of sp³-hybridized carbons (Fsp3) is 0.667. The Bertz CT molecular complexity index is 223. The minimum atomic E-state index is -0.553. The zero-order valence-electron chi connectivity index (χ0n) is 6.32. The average molecular weight is 157 g/mol. The lowest BCUT2D eigenvalue weighted by molar-refractivity contribution is 0.246. The van der Waals surface area contributed by atoms with Gasteiger partial charge in [0, 0.05) is 6.42 Å². The third-order valence-electron chi connectivity index (χ3n) is 1.30. The van der Waals surface area contributed by atoms with Crippen LogP contribution in [0, 0.1) is 0 Å². The van der Waals surface area contributed by atoms with Crippen LogP contribution < -0.4 is 5.73 Å². The molecule has 5 nitrogen and oxygen atoms in total. The quantitative estimate of drug-likeness (QED) is 0.625. The molecule has 0 unspecified atom stereocenters. The number of aliphatic hydroxyl groups is 1. The fourth-order valence-corrected chi connectivity index (χ4v) is 0.637. The molecular formula is C6H11N3O2. The molecule has 0 spiro atoms. The Morgan fingerprint density at radius 1 is 1.64 bits per heavy atom. The van der Waals surface area contributed by atoms with E-state index in [1.807, 2.05) is 6.92 Å². The van der Waals surface area contributed by atoms with Crippen LogP contribution in [-0.2, 0) is 6.42 Å². The maximum absolute atomic E-state index is 8.62. The normalized spacial score (nSPS) is 13.4. The van der Waals surface area contributed by atoms with Crippen molar-refractivity contribution in [1.82, 2.24) is 10.2 Å². The van der Waals surface area contributed by atoms with Crippen molar-refractivity contribution in [3.05, 3.63) is 11.8 Å². The van der Waals surface area contributed by atoms with Crippen LogP contribution in [0.5, 0.6) is 0 Å². The smallest absolute Gasteiger partial charge is 0.235 e. The molecule has 11 heavy (non-hydrogen) atoms. The van der Waals surface area contributed by atoms with Crippen molar-refractivity contribution in [1.29, 1.82) is 0 Å². The van der Waals surface area contributed by atoms with Gasteiger partial charge < -0.3 is 15.3 Å². The van der Waals surface area contributed by atoms with Crippen molar-refractivity contribution in [2.45, 2.75) is 19.4 Å². The molecule has 0 saturated heterocycles. The van der Waals surface area contributed by atoms with E-state index in [0.29, 0.717) is 18.2 Å². The number of aryl methyl sites for hydroxylation is 1. The summed E-state index contributed by atoms with van der Waals surface area (Å²) in [7, 11) is 0. The number of aromatic nitrogens is 2. The van der Waals surface area contributed by atoms with E-state index in [1.165, 1.54) is 0 Å². The first kappa shape index (κ1) is 8.16. The summed E-state index contributed by atoms with van der Waals surface area (Å²) in [5.41, 5.74) is 5.42. The zero-order chi connectivity index (χ0) is 8.27. The first-order valence-corrected chi connectivity index (χ1v) is 3.46. The zero-order valence-corrected chi connectivity index (χ0v) is 6.32. The second-order valence-electron chi connectivity index (χ2n) is 2.18. The Kier molecular flexibility index (Phi) is 2.56. The van der Waals surface area contributed by atoms with Gasteiger partial charge in [-0.1, -0.05) is 6.92 Å². The van der Waals surface area contributed by atoms with E-state index in [9.17, 15) is 0 Å². The summed E-state index contributed by atoms with van der Waals surface area (Å²) in [5, 5.41) is 16.0. The van der Waals surface area contributed by atoms with Gasteiger partial charge in [-0.25, -0.2) is 0 Å².